The molecule has 0 saturated carbocycles. The summed E-state index contributed by atoms with van der Waals surface area (Å²) in [6, 6.07) is 7.23. The molecule has 0 fully saturated rings. The van der Waals surface area contributed by atoms with Crippen molar-refractivity contribution in [3.05, 3.63) is 29.8 Å². The van der Waals surface area contributed by atoms with Gasteiger partial charge in [0.2, 0.25) is 0 Å². The maximum absolute atomic E-state index is 11.3. The lowest BCUT2D eigenvalue weighted by Crippen LogP contribution is -2.28. The van der Waals surface area contributed by atoms with Gasteiger partial charge in [-0.05, 0) is 24.6 Å². The molecule has 1 aromatic carbocycles. The van der Waals surface area contributed by atoms with Crippen LogP contribution in [-0.2, 0) is 4.74 Å². The molecule has 0 radical (unpaired) electrons. The average molecular weight is 239 g/mol. The highest BCUT2D eigenvalue weighted by Crippen LogP contribution is 2.18. The zero-order chi connectivity index (χ0) is 12.7. The van der Waals surface area contributed by atoms with E-state index in [1.165, 1.54) is 0 Å². The number of alkyl carbamates (subject to hydrolysis) is 1. The van der Waals surface area contributed by atoms with Crippen molar-refractivity contribution in [2.45, 2.75) is 13.0 Å². The number of methoxy groups -OCH3 is 1. The number of ether oxygens (including phenoxy) is 2. The summed E-state index contributed by atoms with van der Waals surface area (Å²) in [6.07, 6.45) is -0.547. The summed E-state index contributed by atoms with van der Waals surface area (Å²) in [5.74, 6) is 0.736. The minimum absolute atomic E-state index is 0.00331. The average Bonchev–Trinajstić information content (AvgIpc) is 2.36. The van der Waals surface area contributed by atoms with Crippen LogP contribution < -0.4 is 10.1 Å². The molecular weight excluding hydrogens is 222 g/mol. The fraction of sp³-hybridized carbons (Fsp3) is 0.417. The maximum atomic E-state index is 11.3. The van der Waals surface area contributed by atoms with Gasteiger partial charge in [0, 0.05) is 0 Å². The molecule has 1 rings (SSSR count). The van der Waals surface area contributed by atoms with Crippen LogP contribution >= 0.6 is 0 Å². The molecule has 1 amide bonds. The van der Waals surface area contributed by atoms with E-state index < -0.39 is 6.09 Å². The van der Waals surface area contributed by atoms with Crippen LogP contribution in [0.25, 0.3) is 0 Å². The molecule has 17 heavy (non-hydrogen) atoms. The Balaban J connectivity index is 2.56. The van der Waals surface area contributed by atoms with Crippen LogP contribution in [0.1, 0.15) is 18.5 Å². The summed E-state index contributed by atoms with van der Waals surface area (Å²) in [4.78, 5) is 11.3. The van der Waals surface area contributed by atoms with E-state index in [2.05, 4.69) is 5.32 Å². The Hall–Kier alpha value is -1.75. The number of hydrogen-bond acceptors (Lipinski definition) is 4. The van der Waals surface area contributed by atoms with Gasteiger partial charge < -0.3 is 19.9 Å². The van der Waals surface area contributed by atoms with E-state index in [1.54, 1.807) is 7.11 Å². The molecule has 94 valence electrons. The standard InChI is InChI=1S/C12H17NO4/c1-9(13-12(15)17-7-6-14)10-4-3-5-11(8-10)16-2/h3-5,8-9,14H,6-7H2,1-2H3,(H,13,15)/t9-/m1/s1. The number of carbonyl (C=O) groups excluding carboxylic acids is 1. The van der Waals surface area contributed by atoms with Crippen molar-refractivity contribution in [2.75, 3.05) is 20.3 Å². The third kappa shape index (κ3) is 4.32. The van der Waals surface area contributed by atoms with Crippen molar-refractivity contribution in [1.29, 1.82) is 0 Å². The summed E-state index contributed by atoms with van der Waals surface area (Å²) < 4.78 is 9.81. The Bertz CT molecular complexity index is 367. The number of rotatable bonds is 5. The van der Waals surface area contributed by atoms with Crippen molar-refractivity contribution in [3.8, 4) is 5.75 Å². The molecule has 5 nitrogen and oxygen atoms in total. The van der Waals surface area contributed by atoms with E-state index in [-0.39, 0.29) is 19.3 Å². The van der Waals surface area contributed by atoms with Crippen molar-refractivity contribution in [2.24, 2.45) is 0 Å². The zero-order valence-corrected chi connectivity index (χ0v) is 9.97. The van der Waals surface area contributed by atoms with Gasteiger partial charge in [-0.3, -0.25) is 0 Å². The summed E-state index contributed by atoms with van der Waals surface area (Å²) in [5.41, 5.74) is 0.922. The molecule has 1 atom stereocenters. The fourth-order valence-electron chi connectivity index (χ4n) is 1.35. The van der Waals surface area contributed by atoms with E-state index >= 15 is 0 Å². The maximum Gasteiger partial charge on any atom is 0.407 e. The fourth-order valence-corrected chi connectivity index (χ4v) is 1.35. The molecule has 2 N–H and O–H groups in total. The normalized spacial score (nSPS) is 11.7. The van der Waals surface area contributed by atoms with Crippen LogP contribution in [0.5, 0.6) is 5.75 Å². The number of aliphatic hydroxyl groups excluding tert-OH is 1. The van der Waals surface area contributed by atoms with Crippen LogP contribution in [0.3, 0.4) is 0 Å². The number of nitrogens with one attached hydrogen (secondary N) is 1. The van der Waals surface area contributed by atoms with Crippen LogP contribution in [0.4, 0.5) is 4.79 Å². The SMILES string of the molecule is COc1cccc([C@@H](C)NC(=O)OCCO)c1. The van der Waals surface area contributed by atoms with Crippen molar-refractivity contribution in [1.82, 2.24) is 5.32 Å². The predicted octanol–water partition coefficient (Wildman–Crippen LogP) is 1.47. The summed E-state index contributed by atoms with van der Waals surface area (Å²) in [6.45, 7) is 1.66. The smallest absolute Gasteiger partial charge is 0.407 e. The van der Waals surface area contributed by atoms with E-state index in [0.29, 0.717) is 0 Å². The van der Waals surface area contributed by atoms with Gasteiger partial charge in [-0.25, -0.2) is 4.79 Å². The van der Waals surface area contributed by atoms with Gasteiger partial charge in [0.15, 0.2) is 0 Å². The van der Waals surface area contributed by atoms with Gasteiger partial charge in [0.25, 0.3) is 0 Å². The first-order valence-electron chi connectivity index (χ1n) is 5.35. The summed E-state index contributed by atoms with van der Waals surface area (Å²) in [5, 5.41) is 11.2. The lowest BCUT2D eigenvalue weighted by Gasteiger charge is -2.14. The summed E-state index contributed by atoms with van der Waals surface area (Å²) in [7, 11) is 1.59. The van der Waals surface area contributed by atoms with Gasteiger partial charge in [0.05, 0.1) is 19.8 Å². The van der Waals surface area contributed by atoms with E-state index in [1.807, 2.05) is 31.2 Å². The molecule has 0 unspecified atom stereocenters. The molecule has 0 spiro atoms. The highest BCUT2D eigenvalue weighted by Gasteiger charge is 2.10. The number of benzene rings is 1. The zero-order valence-electron chi connectivity index (χ0n) is 9.97. The second-order valence-corrected chi connectivity index (χ2v) is 3.50. The van der Waals surface area contributed by atoms with Gasteiger partial charge in [-0.2, -0.15) is 0 Å². The molecular formula is C12H17NO4. The minimum Gasteiger partial charge on any atom is -0.497 e. The van der Waals surface area contributed by atoms with Crippen molar-refractivity contribution in [3.63, 3.8) is 0 Å². The molecule has 5 heteroatoms. The Morgan fingerprint density at radius 3 is 2.94 bits per heavy atom. The third-order valence-corrected chi connectivity index (χ3v) is 2.25. The first kappa shape index (κ1) is 13.3. The number of amides is 1. The largest absolute Gasteiger partial charge is 0.497 e. The van der Waals surface area contributed by atoms with Crippen LogP contribution in [0.2, 0.25) is 0 Å². The second-order valence-electron chi connectivity index (χ2n) is 3.50. The van der Waals surface area contributed by atoms with Crippen molar-refractivity contribution < 1.29 is 19.4 Å². The van der Waals surface area contributed by atoms with E-state index in [0.717, 1.165) is 11.3 Å². The Morgan fingerprint density at radius 2 is 2.29 bits per heavy atom. The molecule has 0 saturated heterocycles. The predicted molar refractivity (Wildman–Crippen MR) is 63.0 cm³/mol. The molecule has 0 bridgehead atoms. The number of carbonyl (C=O) groups is 1. The summed E-state index contributed by atoms with van der Waals surface area (Å²) >= 11 is 0. The Morgan fingerprint density at radius 1 is 1.53 bits per heavy atom. The first-order valence-corrected chi connectivity index (χ1v) is 5.35. The monoisotopic (exact) mass is 239 g/mol. The van der Waals surface area contributed by atoms with E-state index in [4.69, 9.17) is 14.6 Å². The van der Waals surface area contributed by atoms with Crippen LogP contribution in [-0.4, -0.2) is 31.5 Å². The molecule has 0 aliphatic rings. The van der Waals surface area contributed by atoms with E-state index in [9.17, 15) is 4.79 Å². The van der Waals surface area contributed by atoms with Gasteiger partial charge >= 0.3 is 6.09 Å². The van der Waals surface area contributed by atoms with Crippen LogP contribution in [0.15, 0.2) is 24.3 Å². The topological polar surface area (TPSA) is 67.8 Å². The Labute approximate surface area is 100 Å². The lowest BCUT2D eigenvalue weighted by molar-refractivity contribution is 0.116. The molecule has 0 heterocycles. The Kier molecular flexibility index (Phi) is 5.29. The minimum atomic E-state index is -0.547. The van der Waals surface area contributed by atoms with Gasteiger partial charge in [-0.1, -0.05) is 12.1 Å². The highest BCUT2D eigenvalue weighted by molar-refractivity contribution is 5.67. The first-order chi connectivity index (χ1) is 8.17. The second kappa shape index (κ2) is 6.75. The van der Waals surface area contributed by atoms with Gasteiger partial charge in [-0.15, -0.1) is 0 Å². The molecule has 0 aliphatic heterocycles. The lowest BCUT2D eigenvalue weighted by atomic mass is 10.1. The molecule has 0 aromatic heterocycles. The van der Waals surface area contributed by atoms with Crippen LogP contribution in [0, 0.1) is 0 Å². The number of aliphatic hydroxyl groups is 1. The van der Waals surface area contributed by atoms with Gasteiger partial charge in [0.1, 0.15) is 12.4 Å². The number of hydrogen-bond donors (Lipinski definition) is 2. The third-order valence-electron chi connectivity index (χ3n) is 2.25. The molecule has 1 aromatic rings. The highest BCUT2D eigenvalue weighted by atomic mass is 16.6. The van der Waals surface area contributed by atoms with Crippen molar-refractivity contribution >= 4 is 6.09 Å². The molecule has 0 aliphatic carbocycles. The quantitative estimate of drug-likeness (QED) is 0.816.